The van der Waals surface area contributed by atoms with Crippen LogP contribution in [0.25, 0.3) is 0 Å². The molecule has 1 saturated heterocycles. The molecule has 6 heteroatoms. The third kappa shape index (κ3) is 6.56. The maximum Gasteiger partial charge on any atom is 0.191 e. The van der Waals surface area contributed by atoms with Crippen molar-refractivity contribution in [1.29, 1.82) is 0 Å². The Kier molecular flexibility index (Phi) is 9.54. The Morgan fingerprint density at radius 1 is 1.45 bits per heavy atom. The lowest BCUT2D eigenvalue weighted by Gasteiger charge is -2.32. The summed E-state index contributed by atoms with van der Waals surface area (Å²) < 4.78 is 5.32. The summed E-state index contributed by atoms with van der Waals surface area (Å²) in [6.45, 7) is 7.68. The third-order valence-corrected chi connectivity index (χ3v) is 4.08. The first-order valence-electron chi connectivity index (χ1n) is 8.01. The SMILES string of the molecule is CCN1CCCC(CNC(=NC)NCCc2ccco2)C1.I. The van der Waals surface area contributed by atoms with Crippen molar-refractivity contribution in [3.8, 4) is 0 Å². The Hall–Kier alpha value is -0.760. The van der Waals surface area contributed by atoms with E-state index in [0.29, 0.717) is 0 Å². The Morgan fingerprint density at radius 2 is 2.32 bits per heavy atom. The number of halogens is 1. The highest BCUT2D eigenvalue weighted by atomic mass is 127. The third-order valence-electron chi connectivity index (χ3n) is 4.08. The van der Waals surface area contributed by atoms with E-state index in [1.54, 1.807) is 6.26 Å². The van der Waals surface area contributed by atoms with Gasteiger partial charge in [-0.2, -0.15) is 0 Å². The number of likely N-dealkylation sites (tertiary alicyclic amines) is 1. The van der Waals surface area contributed by atoms with E-state index in [9.17, 15) is 0 Å². The lowest BCUT2D eigenvalue weighted by Crippen LogP contribution is -2.44. The van der Waals surface area contributed by atoms with Crippen LogP contribution in [0.2, 0.25) is 0 Å². The smallest absolute Gasteiger partial charge is 0.191 e. The van der Waals surface area contributed by atoms with Crippen LogP contribution in [0.4, 0.5) is 0 Å². The van der Waals surface area contributed by atoms with Gasteiger partial charge in [0.1, 0.15) is 5.76 Å². The largest absolute Gasteiger partial charge is 0.469 e. The van der Waals surface area contributed by atoms with Crippen LogP contribution in [0.15, 0.2) is 27.8 Å². The van der Waals surface area contributed by atoms with Gasteiger partial charge in [0.15, 0.2) is 5.96 Å². The molecule has 1 atom stereocenters. The summed E-state index contributed by atoms with van der Waals surface area (Å²) in [5, 5.41) is 6.78. The zero-order valence-electron chi connectivity index (χ0n) is 13.7. The van der Waals surface area contributed by atoms with Crippen LogP contribution in [0.3, 0.4) is 0 Å². The van der Waals surface area contributed by atoms with Gasteiger partial charge in [-0.25, -0.2) is 0 Å². The van der Waals surface area contributed by atoms with E-state index in [-0.39, 0.29) is 24.0 Å². The van der Waals surface area contributed by atoms with Crippen LogP contribution < -0.4 is 10.6 Å². The summed E-state index contributed by atoms with van der Waals surface area (Å²) in [6.07, 6.45) is 5.21. The second-order valence-electron chi connectivity index (χ2n) is 5.61. The molecule has 1 unspecified atom stereocenters. The Morgan fingerprint density at radius 3 is 3.00 bits per heavy atom. The van der Waals surface area contributed by atoms with Gasteiger partial charge in [-0.05, 0) is 44.0 Å². The Labute approximate surface area is 150 Å². The maximum absolute atomic E-state index is 5.32. The van der Waals surface area contributed by atoms with Crippen LogP contribution in [-0.2, 0) is 6.42 Å². The summed E-state index contributed by atoms with van der Waals surface area (Å²) >= 11 is 0. The highest BCUT2D eigenvalue weighted by Gasteiger charge is 2.18. The summed E-state index contributed by atoms with van der Waals surface area (Å²) in [5.41, 5.74) is 0. The van der Waals surface area contributed by atoms with Gasteiger partial charge in [0, 0.05) is 33.1 Å². The van der Waals surface area contributed by atoms with Gasteiger partial charge in [0.25, 0.3) is 0 Å². The lowest BCUT2D eigenvalue weighted by molar-refractivity contribution is 0.183. The molecule has 1 fully saturated rings. The van der Waals surface area contributed by atoms with Gasteiger partial charge in [-0.3, -0.25) is 4.99 Å². The van der Waals surface area contributed by atoms with E-state index in [0.717, 1.165) is 43.7 Å². The molecule has 0 spiro atoms. The zero-order valence-corrected chi connectivity index (χ0v) is 16.0. The molecule has 1 aliphatic rings. The van der Waals surface area contributed by atoms with Crippen LogP contribution in [0, 0.1) is 5.92 Å². The molecule has 5 nitrogen and oxygen atoms in total. The molecule has 0 aromatic carbocycles. The predicted octanol–water partition coefficient (Wildman–Crippen LogP) is 2.34. The maximum atomic E-state index is 5.32. The number of furan rings is 1. The molecule has 2 heterocycles. The number of nitrogens with one attached hydrogen (secondary N) is 2. The van der Waals surface area contributed by atoms with Crippen molar-refractivity contribution in [2.24, 2.45) is 10.9 Å². The molecule has 0 bridgehead atoms. The van der Waals surface area contributed by atoms with Gasteiger partial charge >= 0.3 is 0 Å². The van der Waals surface area contributed by atoms with Crippen LogP contribution in [-0.4, -0.2) is 50.6 Å². The predicted molar refractivity (Wildman–Crippen MR) is 102 cm³/mol. The first kappa shape index (κ1) is 19.3. The van der Waals surface area contributed by atoms with Gasteiger partial charge in [0.2, 0.25) is 0 Å². The molecule has 22 heavy (non-hydrogen) atoms. The minimum Gasteiger partial charge on any atom is -0.469 e. The lowest BCUT2D eigenvalue weighted by atomic mass is 9.98. The molecule has 126 valence electrons. The summed E-state index contributed by atoms with van der Waals surface area (Å²) in [6, 6.07) is 3.92. The number of guanidine groups is 1. The van der Waals surface area contributed by atoms with Gasteiger partial charge < -0.3 is 20.0 Å². The Balaban J connectivity index is 0.00000242. The van der Waals surface area contributed by atoms with Crippen molar-refractivity contribution >= 4 is 29.9 Å². The average Bonchev–Trinajstić information content (AvgIpc) is 3.04. The van der Waals surface area contributed by atoms with Crippen molar-refractivity contribution in [3.63, 3.8) is 0 Å². The first-order chi connectivity index (χ1) is 10.3. The molecule has 0 saturated carbocycles. The molecular formula is C16H29IN4O. The molecule has 1 aliphatic heterocycles. The van der Waals surface area contributed by atoms with E-state index >= 15 is 0 Å². The number of piperidine rings is 1. The van der Waals surface area contributed by atoms with Gasteiger partial charge in [-0.15, -0.1) is 24.0 Å². The van der Waals surface area contributed by atoms with E-state index < -0.39 is 0 Å². The molecule has 2 N–H and O–H groups in total. The van der Waals surface area contributed by atoms with E-state index in [1.165, 1.54) is 25.9 Å². The second-order valence-corrected chi connectivity index (χ2v) is 5.61. The molecule has 2 rings (SSSR count). The molecule has 0 amide bonds. The van der Waals surface area contributed by atoms with Gasteiger partial charge in [0.05, 0.1) is 6.26 Å². The number of hydrogen-bond acceptors (Lipinski definition) is 3. The second kappa shape index (κ2) is 10.9. The molecule has 0 radical (unpaired) electrons. The topological polar surface area (TPSA) is 52.8 Å². The summed E-state index contributed by atoms with van der Waals surface area (Å²) in [7, 11) is 1.82. The minimum absolute atomic E-state index is 0. The average molecular weight is 420 g/mol. The molecular weight excluding hydrogens is 391 g/mol. The molecule has 1 aromatic rings. The highest BCUT2D eigenvalue weighted by Crippen LogP contribution is 2.14. The molecule has 1 aromatic heterocycles. The van der Waals surface area contributed by atoms with Crippen molar-refractivity contribution in [2.75, 3.05) is 39.8 Å². The van der Waals surface area contributed by atoms with Crippen LogP contribution >= 0.6 is 24.0 Å². The van der Waals surface area contributed by atoms with Crippen molar-refractivity contribution in [1.82, 2.24) is 15.5 Å². The summed E-state index contributed by atoms with van der Waals surface area (Å²) in [5.74, 6) is 2.61. The van der Waals surface area contributed by atoms with E-state index in [4.69, 9.17) is 4.42 Å². The summed E-state index contributed by atoms with van der Waals surface area (Å²) in [4.78, 5) is 6.81. The van der Waals surface area contributed by atoms with E-state index in [2.05, 4.69) is 27.4 Å². The van der Waals surface area contributed by atoms with Crippen molar-refractivity contribution < 1.29 is 4.42 Å². The minimum atomic E-state index is 0. The van der Waals surface area contributed by atoms with Crippen molar-refractivity contribution in [2.45, 2.75) is 26.2 Å². The fraction of sp³-hybridized carbons (Fsp3) is 0.688. The quantitative estimate of drug-likeness (QED) is 0.422. The monoisotopic (exact) mass is 420 g/mol. The molecule has 0 aliphatic carbocycles. The zero-order chi connectivity index (χ0) is 14.9. The van der Waals surface area contributed by atoms with Gasteiger partial charge in [-0.1, -0.05) is 6.92 Å². The number of hydrogen-bond donors (Lipinski definition) is 2. The van der Waals surface area contributed by atoms with Crippen molar-refractivity contribution in [3.05, 3.63) is 24.2 Å². The van der Waals surface area contributed by atoms with Crippen LogP contribution in [0.1, 0.15) is 25.5 Å². The van der Waals surface area contributed by atoms with E-state index in [1.807, 2.05) is 19.2 Å². The number of rotatable bonds is 6. The number of aliphatic imine (C=N–C) groups is 1. The normalized spacial score (nSPS) is 19.5. The fourth-order valence-electron chi connectivity index (χ4n) is 2.83. The standard InChI is InChI=1S/C16H28N4O.HI/c1-3-20-10-4-6-14(13-20)12-19-16(17-2)18-9-8-15-7-5-11-21-15;/h5,7,11,14H,3-4,6,8-10,12-13H2,1-2H3,(H2,17,18,19);1H. The fourth-order valence-corrected chi connectivity index (χ4v) is 2.83. The number of nitrogens with zero attached hydrogens (tertiary/aromatic N) is 2. The Bertz CT molecular complexity index is 422. The first-order valence-corrected chi connectivity index (χ1v) is 8.01. The highest BCUT2D eigenvalue weighted by molar-refractivity contribution is 14.0. The van der Waals surface area contributed by atoms with Crippen LogP contribution in [0.5, 0.6) is 0 Å².